The van der Waals surface area contributed by atoms with Crippen molar-refractivity contribution in [1.29, 1.82) is 0 Å². The van der Waals surface area contributed by atoms with Gasteiger partial charge in [-0.05, 0) is 55.6 Å². The maximum atomic E-state index is 15.0. The van der Waals surface area contributed by atoms with Gasteiger partial charge in [-0.25, -0.2) is 4.39 Å². The number of hydrogen-bond donors (Lipinski definition) is 1. The van der Waals surface area contributed by atoms with Gasteiger partial charge in [-0.3, -0.25) is 14.4 Å². The fraction of sp³-hybridized carbons (Fsp3) is 0.741. The number of alkyl halides is 2. The second kappa shape index (κ2) is 8.95. The fourth-order valence-corrected chi connectivity index (χ4v) is 8.84. The van der Waals surface area contributed by atoms with Gasteiger partial charge in [-0.15, -0.1) is 23.2 Å². The summed E-state index contributed by atoms with van der Waals surface area (Å²) >= 11 is 13.5. The summed E-state index contributed by atoms with van der Waals surface area (Å²) in [6.07, 6.45) is 4.83. The number of hydrogen-bond acceptors (Lipinski definition) is 5. The number of esters is 1. The zero-order valence-electron chi connectivity index (χ0n) is 20.8. The summed E-state index contributed by atoms with van der Waals surface area (Å²) in [5, 5.41) is 11.7. The van der Waals surface area contributed by atoms with Gasteiger partial charge >= 0.3 is 5.97 Å². The molecule has 0 aromatic carbocycles. The summed E-state index contributed by atoms with van der Waals surface area (Å²) in [6, 6.07) is 0. The Morgan fingerprint density at radius 3 is 2.60 bits per heavy atom. The number of ether oxygens (including phenoxy) is 1. The highest BCUT2D eigenvalue weighted by molar-refractivity contribution is 6.29. The maximum absolute atomic E-state index is 15.0. The Hall–Kier alpha value is -1.24. The summed E-state index contributed by atoms with van der Waals surface area (Å²) in [4.78, 5) is 37.2. The van der Waals surface area contributed by atoms with Gasteiger partial charge in [0.25, 0.3) is 0 Å². The molecule has 3 saturated carbocycles. The van der Waals surface area contributed by atoms with Gasteiger partial charge in [-0.2, -0.15) is 0 Å². The number of halogens is 3. The molecule has 8 heteroatoms. The van der Waals surface area contributed by atoms with Crippen LogP contribution in [0.4, 0.5) is 4.39 Å². The Morgan fingerprint density at radius 2 is 1.97 bits per heavy atom. The van der Waals surface area contributed by atoms with Crippen LogP contribution in [0.15, 0.2) is 23.6 Å². The number of fused-ring (bicyclic) bond motifs is 5. The third-order valence-corrected chi connectivity index (χ3v) is 11.0. The molecule has 0 aliphatic heterocycles. The lowest BCUT2D eigenvalue weighted by molar-refractivity contribution is -0.200. The van der Waals surface area contributed by atoms with Crippen LogP contribution in [0.3, 0.4) is 0 Å². The molecule has 0 amide bonds. The summed E-state index contributed by atoms with van der Waals surface area (Å²) in [6.45, 7) is 7.57. The minimum Gasteiger partial charge on any atom is -0.450 e. The monoisotopic (exact) mass is 528 g/mol. The van der Waals surface area contributed by atoms with E-state index in [4.69, 9.17) is 27.9 Å². The van der Waals surface area contributed by atoms with Crippen molar-refractivity contribution in [2.75, 3.05) is 5.88 Å². The third kappa shape index (κ3) is 3.38. The predicted molar refractivity (Wildman–Crippen MR) is 132 cm³/mol. The average Bonchev–Trinajstić information content (AvgIpc) is 3.03. The minimum atomic E-state index is -1.47. The number of aliphatic hydroxyl groups excluding tert-OH is 1. The first-order valence-electron chi connectivity index (χ1n) is 12.7. The van der Waals surface area contributed by atoms with Crippen LogP contribution in [0.1, 0.15) is 72.6 Å². The van der Waals surface area contributed by atoms with E-state index in [-0.39, 0.29) is 42.3 Å². The summed E-state index contributed by atoms with van der Waals surface area (Å²) < 4.78 is 21.1. The molecule has 3 fully saturated rings. The number of carbonyl (C=O) groups is 3. The molecule has 0 radical (unpaired) electrons. The van der Waals surface area contributed by atoms with E-state index in [1.807, 2.05) is 20.8 Å². The molecule has 4 rings (SSSR count). The number of Topliss-reactive ketones (excluding diaryl/α,β-unsaturated/α-hetero) is 1. The third-order valence-electron chi connectivity index (χ3n) is 9.82. The Kier molecular flexibility index (Phi) is 6.86. The van der Waals surface area contributed by atoms with Crippen LogP contribution in [-0.4, -0.2) is 45.1 Å². The molecule has 194 valence electrons. The van der Waals surface area contributed by atoms with Crippen LogP contribution in [0.25, 0.3) is 0 Å². The van der Waals surface area contributed by atoms with E-state index < -0.39 is 45.0 Å². The highest BCUT2D eigenvalue weighted by Crippen LogP contribution is 2.72. The lowest BCUT2D eigenvalue weighted by atomic mass is 9.45. The minimum absolute atomic E-state index is 0.0952. The summed E-state index contributed by atoms with van der Waals surface area (Å²) in [5.74, 6) is -3.35. The fourth-order valence-electron chi connectivity index (χ4n) is 8.13. The molecule has 0 saturated heterocycles. The Labute approximate surface area is 216 Å². The Bertz CT molecular complexity index is 1010. The van der Waals surface area contributed by atoms with E-state index in [0.717, 1.165) is 6.42 Å². The molecule has 0 heterocycles. The molecule has 1 N–H and O–H groups in total. The van der Waals surface area contributed by atoms with Gasteiger partial charge in [0.2, 0.25) is 5.78 Å². The number of aliphatic hydroxyl groups is 1. The van der Waals surface area contributed by atoms with E-state index in [1.54, 1.807) is 13.0 Å². The lowest BCUT2D eigenvalue weighted by Crippen LogP contribution is -2.69. The van der Waals surface area contributed by atoms with Crippen molar-refractivity contribution < 1.29 is 28.6 Å². The van der Waals surface area contributed by atoms with Gasteiger partial charge in [0.15, 0.2) is 17.2 Å². The highest BCUT2D eigenvalue weighted by atomic mass is 35.5. The highest BCUT2D eigenvalue weighted by Gasteiger charge is 2.76. The standard InChI is InChI=1S/C27H35Cl2FO5/c1-5-6-7-22(34)35-27(21(33)14-28)15(2)12-18-16-8-9-17-23(30)19(31)10-11-24(17,3)26(16,29)20(32)13-25(18,27)4/h10-11,15-16,18,20,32H,5-9,12-14H2,1-4H3/t15?,16-,18-,20?,24-,25-,26-,27-/m0/s1. The summed E-state index contributed by atoms with van der Waals surface area (Å²) in [5.41, 5.74) is -3.09. The largest absolute Gasteiger partial charge is 0.450 e. The van der Waals surface area contributed by atoms with Crippen LogP contribution < -0.4 is 0 Å². The molecular formula is C27H35Cl2FO5. The van der Waals surface area contributed by atoms with E-state index in [1.165, 1.54) is 6.08 Å². The molecule has 0 spiro atoms. The molecule has 0 aromatic heterocycles. The van der Waals surface area contributed by atoms with Crippen molar-refractivity contribution in [1.82, 2.24) is 0 Å². The quantitative estimate of drug-likeness (QED) is 0.366. The number of rotatable bonds is 6. The van der Waals surface area contributed by atoms with E-state index in [0.29, 0.717) is 31.3 Å². The van der Waals surface area contributed by atoms with Crippen molar-refractivity contribution >= 4 is 40.7 Å². The second-order valence-corrected chi connectivity index (χ2v) is 12.2. The smallest absolute Gasteiger partial charge is 0.306 e. The van der Waals surface area contributed by atoms with Gasteiger partial charge in [0, 0.05) is 23.2 Å². The van der Waals surface area contributed by atoms with Gasteiger partial charge in [-0.1, -0.05) is 40.2 Å². The number of allylic oxidation sites excluding steroid dienone is 4. The molecule has 5 nitrogen and oxygen atoms in total. The molecular weight excluding hydrogens is 494 g/mol. The number of unbranched alkanes of at least 4 members (excludes halogenated alkanes) is 1. The normalized spacial score (nSPS) is 44.5. The van der Waals surface area contributed by atoms with Crippen LogP contribution >= 0.6 is 23.2 Å². The van der Waals surface area contributed by atoms with Crippen LogP contribution in [0, 0.1) is 28.6 Å². The SMILES string of the molecule is CCCCC(=O)O[C@]1(C(=O)CCl)C(C)C[C@H]2[C@@H]3CCC4=C(F)C(=O)C=C[C@]4(C)[C@@]3(Cl)C(O)C[C@@]21C. The average molecular weight is 529 g/mol. The van der Waals surface area contributed by atoms with E-state index in [2.05, 4.69) is 0 Å². The lowest BCUT2D eigenvalue weighted by Gasteiger charge is -2.64. The topological polar surface area (TPSA) is 80.7 Å². The number of ketones is 2. The van der Waals surface area contributed by atoms with Gasteiger partial charge in [0.1, 0.15) is 0 Å². The first kappa shape index (κ1) is 26.8. The molecule has 4 aliphatic rings. The molecule has 35 heavy (non-hydrogen) atoms. The predicted octanol–water partition coefficient (Wildman–Crippen LogP) is 5.45. The van der Waals surface area contributed by atoms with Crippen molar-refractivity contribution in [3.8, 4) is 0 Å². The van der Waals surface area contributed by atoms with Crippen LogP contribution in [-0.2, 0) is 19.1 Å². The zero-order valence-corrected chi connectivity index (χ0v) is 22.3. The van der Waals surface area contributed by atoms with Gasteiger partial charge < -0.3 is 9.84 Å². The molecule has 8 atom stereocenters. The van der Waals surface area contributed by atoms with Crippen molar-refractivity contribution in [2.45, 2.75) is 89.2 Å². The van der Waals surface area contributed by atoms with Crippen LogP contribution in [0.5, 0.6) is 0 Å². The first-order valence-corrected chi connectivity index (χ1v) is 13.6. The van der Waals surface area contributed by atoms with Crippen molar-refractivity contribution in [2.24, 2.45) is 28.6 Å². The molecule has 0 aromatic rings. The van der Waals surface area contributed by atoms with Crippen molar-refractivity contribution in [3.63, 3.8) is 0 Å². The van der Waals surface area contributed by atoms with Crippen LogP contribution in [0.2, 0.25) is 0 Å². The first-order chi connectivity index (χ1) is 16.3. The van der Waals surface area contributed by atoms with E-state index >= 15 is 0 Å². The van der Waals surface area contributed by atoms with Gasteiger partial charge in [0.05, 0.1) is 16.9 Å². The van der Waals surface area contributed by atoms with Crippen molar-refractivity contribution in [3.05, 3.63) is 23.6 Å². The van der Waals surface area contributed by atoms with E-state index in [9.17, 15) is 23.9 Å². The zero-order chi connectivity index (χ0) is 26.0. The molecule has 0 bridgehead atoms. The molecule has 2 unspecified atom stereocenters. The summed E-state index contributed by atoms with van der Waals surface area (Å²) in [7, 11) is 0. The molecule has 4 aliphatic carbocycles. The number of carbonyl (C=O) groups excluding carboxylic acids is 3. The Morgan fingerprint density at radius 1 is 1.29 bits per heavy atom. The second-order valence-electron chi connectivity index (χ2n) is 11.4. The maximum Gasteiger partial charge on any atom is 0.306 e. The Balaban J connectivity index is 1.82.